The summed E-state index contributed by atoms with van der Waals surface area (Å²) in [6.45, 7) is 4.13. The molecule has 1 N–H and O–H groups in total. The molecule has 1 saturated carbocycles. The zero-order valence-corrected chi connectivity index (χ0v) is 15.8. The van der Waals surface area contributed by atoms with Crippen LogP contribution in [0.4, 0.5) is 0 Å². The molecule has 2 rings (SSSR count). The van der Waals surface area contributed by atoms with Crippen LogP contribution in [0.5, 0.6) is 11.5 Å². The fourth-order valence-electron chi connectivity index (χ4n) is 3.74. The second-order valence-corrected chi connectivity index (χ2v) is 7.34. The molecule has 0 aromatic heterocycles. The molecule has 0 spiro atoms. The van der Waals surface area contributed by atoms with Gasteiger partial charge in [-0.2, -0.15) is 0 Å². The first-order valence-electron chi connectivity index (χ1n) is 8.07. The summed E-state index contributed by atoms with van der Waals surface area (Å²) in [5.74, 6) is 0.660. The van der Waals surface area contributed by atoms with Gasteiger partial charge in [0.25, 0.3) is 0 Å². The molecule has 1 fully saturated rings. The first-order chi connectivity index (χ1) is 10.9. The quantitative estimate of drug-likeness (QED) is 0.785. The van der Waals surface area contributed by atoms with Crippen LogP contribution in [0.2, 0.25) is 0 Å². The lowest BCUT2D eigenvalue weighted by molar-refractivity contribution is -0.145. The van der Waals surface area contributed by atoms with Gasteiger partial charge in [-0.15, -0.1) is 0 Å². The Bertz CT molecular complexity index is 589. The highest BCUT2D eigenvalue weighted by Gasteiger charge is 2.44. The van der Waals surface area contributed by atoms with Crippen LogP contribution >= 0.6 is 15.9 Å². The van der Waals surface area contributed by atoms with Gasteiger partial charge in [0.1, 0.15) is 0 Å². The number of benzene rings is 1. The summed E-state index contributed by atoms with van der Waals surface area (Å²) in [7, 11) is 3.20. The number of hydrogen-bond acceptors (Lipinski definition) is 3. The van der Waals surface area contributed by atoms with Crippen LogP contribution in [-0.2, 0) is 10.2 Å². The molecule has 0 aliphatic heterocycles. The van der Waals surface area contributed by atoms with Crippen LogP contribution in [0.3, 0.4) is 0 Å². The molecular formula is C18H25BrO4. The molecular weight excluding hydrogens is 360 g/mol. The van der Waals surface area contributed by atoms with E-state index in [9.17, 15) is 9.90 Å². The second-order valence-electron chi connectivity index (χ2n) is 6.49. The zero-order chi connectivity index (χ0) is 17.2. The number of rotatable bonds is 5. The Morgan fingerprint density at radius 2 is 1.74 bits per heavy atom. The highest BCUT2D eigenvalue weighted by molar-refractivity contribution is 9.10. The van der Waals surface area contributed by atoms with Crippen LogP contribution in [0.15, 0.2) is 10.5 Å². The Hall–Kier alpha value is -1.23. The number of halogens is 1. The predicted molar refractivity (Wildman–Crippen MR) is 93.7 cm³/mol. The minimum atomic E-state index is -0.833. The average Bonchev–Trinajstić information content (AvgIpc) is 2.53. The van der Waals surface area contributed by atoms with Gasteiger partial charge < -0.3 is 14.6 Å². The van der Waals surface area contributed by atoms with Crippen LogP contribution in [0.1, 0.15) is 63.0 Å². The summed E-state index contributed by atoms with van der Waals surface area (Å²) in [6, 6.07) is 1.93. The summed E-state index contributed by atoms with van der Waals surface area (Å²) in [6.07, 6.45) is 4.32. The number of carbonyl (C=O) groups is 1. The van der Waals surface area contributed by atoms with Crippen molar-refractivity contribution in [2.45, 2.75) is 57.3 Å². The van der Waals surface area contributed by atoms with Crippen molar-refractivity contribution in [3.63, 3.8) is 0 Å². The third-order valence-electron chi connectivity index (χ3n) is 4.85. The molecule has 0 atom stereocenters. The molecule has 0 saturated heterocycles. The maximum Gasteiger partial charge on any atom is 0.314 e. The molecule has 1 aliphatic carbocycles. The summed E-state index contributed by atoms with van der Waals surface area (Å²) >= 11 is 3.52. The third kappa shape index (κ3) is 3.08. The molecule has 23 heavy (non-hydrogen) atoms. The summed E-state index contributed by atoms with van der Waals surface area (Å²) in [5, 5.41) is 10.0. The Balaban J connectivity index is 2.79. The van der Waals surface area contributed by atoms with Gasteiger partial charge in [0.15, 0.2) is 11.5 Å². The van der Waals surface area contributed by atoms with E-state index in [-0.39, 0.29) is 5.92 Å². The summed E-state index contributed by atoms with van der Waals surface area (Å²) in [4.78, 5) is 12.2. The van der Waals surface area contributed by atoms with Crippen molar-refractivity contribution in [2.75, 3.05) is 14.2 Å². The normalized spacial score (nSPS) is 17.1. The maximum atomic E-state index is 12.2. The van der Waals surface area contributed by atoms with E-state index in [0.29, 0.717) is 24.3 Å². The SMILES string of the molecule is COc1c(Br)cc(C2(C(=O)O)CCCCC2)c(C(C)C)c1OC. The zero-order valence-electron chi connectivity index (χ0n) is 14.2. The number of ether oxygens (including phenoxy) is 2. The topological polar surface area (TPSA) is 55.8 Å². The van der Waals surface area contributed by atoms with Gasteiger partial charge in [-0.05, 0) is 46.3 Å². The van der Waals surface area contributed by atoms with Gasteiger partial charge in [-0.25, -0.2) is 0 Å². The summed E-state index contributed by atoms with van der Waals surface area (Å²) < 4.78 is 11.8. The van der Waals surface area contributed by atoms with Crippen LogP contribution in [0, 0.1) is 0 Å². The minimum absolute atomic E-state index is 0.139. The van der Waals surface area contributed by atoms with E-state index >= 15 is 0 Å². The van der Waals surface area contributed by atoms with Crippen molar-refractivity contribution in [3.8, 4) is 11.5 Å². The smallest absolute Gasteiger partial charge is 0.314 e. The first kappa shape index (κ1) is 18.1. The molecule has 1 aromatic carbocycles. The molecule has 0 unspecified atom stereocenters. The number of methoxy groups -OCH3 is 2. The van der Waals surface area contributed by atoms with Crippen molar-refractivity contribution in [1.82, 2.24) is 0 Å². The van der Waals surface area contributed by atoms with E-state index in [1.807, 2.05) is 6.07 Å². The lowest BCUT2D eigenvalue weighted by atomic mass is 9.67. The monoisotopic (exact) mass is 384 g/mol. The molecule has 0 bridgehead atoms. The highest BCUT2D eigenvalue weighted by atomic mass is 79.9. The lowest BCUT2D eigenvalue weighted by Crippen LogP contribution is -2.39. The van der Waals surface area contributed by atoms with E-state index in [1.165, 1.54) is 0 Å². The first-order valence-corrected chi connectivity index (χ1v) is 8.86. The molecule has 0 radical (unpaired) electrons. The Morgan fingerprint density at radius 1 is 1.17 bits per heavy atom. The number of carboxylic acid groups (broad SMARTS) is 1. The van der Waals surface area contributed by atoms with E-state index in [0.717, 1.165) is 34.9 Å². The van der Waals surface area contributed by atoms with Crippen LogP contribution in [0.25, 0.3) is 0 Å². The van der Waals surface area contributed by atoms with Gasteiger partial charge in [0, 0.05) is 5.56 Å². The van der Waals surface area contributed by atoms with Gasteiger partial charge >= 0.3 is 5.97 Å². The van der Waals surface area contributed by atoms with Gasteiger partial charge in [0.05, 0.1) is 24.1 Å². The van der Waals surface area contributed by atoms with Crippen molar-refractivity contribution in [2.24, 2.45) is 0 Å². The second kappa shape index (κ2) is 7.12. The highest BCUT2D eigenvalue weighted by Crippen LogP contribution is 2.50. The van der Waals surface area contributed by atoms with Gasteiger partial charge in [0.2, 0.25) is 0 Å². The predicted octanol–water partition coefficient (Wildman–Crippen LogP) is 4.88. The molecule has 0 amide bonds. The average molecular weight is 385 g/mol. The van der Waals surface area contributed by atoms with E-state index in [1.54, 1.807) is 14.2 Å². The van der Waals surface area contributed by atoms with Crippen molar-refractivity contribution < 1.29 is 19.4 Å². The summed E-state index contributed by atoms with van der Waals surface area (Å²) in [5.41, 5.74) is 0.973. The maximum absolute atomic E-state index is 12.2. The molecule has 128 valence electrons. The number of aliphatic carboxylic acids is 1. The largest absolute Gasteiger partial charge is 0.493 e. The molecule has 1 aliphatic rings. The Morgan fingerprint density at radius 3 is 2.17 bits per heavy atom. The molecule has 5 heteroatoms. The van der Waals surface area contributed by atoms with E-state index < -0.39 is 11.4 Å². The Labute approximate surface area is 146 Å². The molecule has 1 aromatic rings. The minimum Gasteiger partial charge on any atom is -0.493 e. The third-order valence-corrected chi connectivity index (χ3v) is 5.44. The van der Waals surface area contributed by atoms with Crippen molar-refractivity contribution >= 4 is 21.9 Å². The standard InChI is InChI=1S/C18H25BrO4/c1-11(2)14-12(10-13(19)15(22-3)16(14)23-4)18(17(20)21)8-6-5-7-9-18/h10-11H,5-9H2,1-4H3,(H,20,21). The molecule has 4 nitrogen and oxygen atoms in total. The number of hydrogen-bond donors (Lipinski definition) is 1. The van der Waals surface area contributed by atoms with Crippen LogP contribution in [-0.4, -0.2) is 25.3 Å². The Kier molecular flexibility index (Phi) is 5.61. The fraction of sp³-hybridized carbons (Fsp3) is 0.611. The van der Waals surface area contributed by atoms with E-state index in [4.69, 9.17) is 9.47 Å². The molecule has 0 heterocycles. The van der Waals surface area contributed by atoms with Crippen molar-refractivity contribution in [1.29, 1.82) is 0 Å². The number of carboxylic acids is 1. The fourth-order valence-corrected chi connectivity index (χ4v) is 4.31. The van der Waals surface area contributed by atoms with Gasteiger partial charge in [-0.1, -0.05) is 33.1 Å². The van der Waals surface area contributed by atoms with Crippen molar-refractivity contribution in [3.05, 3.63) is 21.7 Å². The van der Waals surface area contributed by atoms with Crippen LogP contribution < -0.4 is 9.47 Å². The van der Waals surface area contributed by atoms with E-state index in [2.05, 4.69) is 29.8 Å². The lowest BCUT2D eigenvalue weighted by Gasteiger charge is -2.37. The van der Waals surface area contributed by atoms with Gasteiger partial charge in [-0.3, -0.25) is 4.79 Å².